The van der Waals surface area contributed by atoms with Gasteiger partial charge in [-0.15, -0.1) is 0 Å². The molecule has 24 heavy (non-hydrogen) atoms. The first-order valence-corrected chi connectivity index (χ1v) is 7.99. The quantitative estimate of drug-likeness (QED) is 0.880. The van der Waals surface area contributed by atoms with Crippen LogP contribution in [0.15, 0.2) is 36.7 Å². The number of ether oxygens (including phenoxy) is 1. The van der Waals surface area contributed by atoms with E-state index in [1.807, 2.05) is 7.05 Å². The van der Waals surface area contributed by atoms with Crippen molar-refractivity contribution < 1.29 is 13.9 Å². The number of aromatic nitrogens is 2. The second-order valence-corrected chi connectivity index (χ2v) is 5.93. The van der Waals surface area contributed by atoms with Crippen LogP contribution in [0.5, 0.6) is 0 Å². The smallest absolute Gasteiger partial charge is 0.315 e. The monoisotopic (exact) mass is 332 g/mol. The molecule has 6 nitrogen and oxygen atoms in total. The number of carbonyl (C=O) groups is 1. The van der Waals surface area contributed by atoms with Crippen molar-refractivity contribution in [3.63, 3.8) is 0 Å². The number of rotatable bonds is 5. The Morgan fingerprint density at radius 1 is 1.50 bits per heavy atom. The number of nitrogens with one attached hydrogen (secondary N) is 2. The molecule has 7 heteroatoms. The molecule has 3 rings (SSSR count). The number of amides is 2. The standard InChI is InChI=1S/C17H21FN4O2/c1-22-8-7-19-16(22)15(13-4-2-3-5-14(13)18)21-17(23)20-10-12-6-9-24-11-12/h2-5,7-8,12,15H,6,9-11H2,1H3,(H2,20,21,23)/t12-,15+/m0/s1. The number of hydrogen-bond acceptors (Lipinski definition) is 3. The van der Waals surface area contributed by atoms with E-state index in [1.54, 1.807) is 35.2 Å². The number of imidazole rings is 1. The van der Waals surface area contributed by atoms with Gasteiger partial charge in [-0.25, -0.2) is 14.2 Å². The second kappa shape index (κ2) is 7.44. The highest BCUT2D eigenvalue weighted by molar-refractivity contribution is 5.74. The summed E-state index contributed by atoms with van der Waals surface area (Å²) in [7, 11) is 1.81. The molecule has 2 N–H and O–H groups in total. The van der Waals surface area contributed by atoms with Crippen molar-refractivity contribution in [2.75, 3.05) is 19.8 Å². The highest BCUT2D eigenvalue weighted by Crippen LogP contribution is 2.23. The summed E-state index contributed by atoms with van der Waals surface area (Å²) in [6, 6.07) is 5.38. The van der Waals surface area contributed by atoms with Gasteiger partial charge in [0.1, 0.15) is 17.7 Å². The Kier molecular flexibility index (Phi) is 5.10. The molecule has 1 fully saturated rings. The summed E-state index contributed by atoms with van der Waals surface area (Å²) >= 11 is 0. The van der Waals surface area contributed by atoms with Crippen molar-refractivity contribution in [1.29, 1.82) is 0 Å². The fraction of sp³-hybridized carbons (Fsp3) is 0.412. The maximum Gasteiger partial charge on any atom is 0.315 e. The third kappa shape index (κ3) is 3.73. The molecule has 2 amide bonds. The molecule has 0 bridgehead atoms. The Bertz CT molecular complexity index is 697. The average molecular weight is 332 g/mol. The van der Waals surface area contributed by atoms with Gasteiger partial charge in [-0.3, -0.25) is 0 Å². The normalized spacial score (nSPS) is 18.3. The molecule has 2 aromatic rings. The van der Waals surface area contributed by atoms with Crippen LogP contribution in [0.25, 0.3) is 0 Å². The van der Waals surface area contributed by atoms with E-state index in [1.165, 1.54) is 6.07 Å². The molecule has 1 saturated heterocycles. The minimum absolute atomic E-state index is 0.329. The number of aryl methyl sites for hydroxylation is 1. The van der Waals surface area contributed by atoms with Crippen LogP contribution in [0.2, 0.25) is 0 Å². The van der Waals surface area contributed by atoms with Crippen LogP contribution >= 0.6 is 0 Å². The third-order valence-corrected chi connectivity index (χ3v) is 4.18. The number of carbonyl (C=O) groups excluding carboxylic acids is 1. The lowest BCUT2D eigenvalue weighted by atomic mass is 10.1. The van der Waals surface area contributed by atoms with Crippen LogP contribution in [0.4, 0.5) is 9.18 Å². The van der Waals surface area contributed by atoms with E-state index < -0.39 is 6.04 Å². The molecule has 0 saturated carbocycles. The van der Waals surface area contributed by atoms with Crippen molar-refractivity contribution >= 4 is 6.03 Å². The molecular formula is C17H21FN4O2. The molecule has 2 atom stereocenters. The van der Waals surface area contributed by atoms with E-state index in [0.717, 1.165) is 13.0 Å². The van der Waals surface area contributed by atoms with E-state index in [-0.39, 0.29) is 11.8 Å². The van der Waals surface area contributed by atoms with Crippen LogP contribution in [-0.2, 0) is 11.8 Å². The minimum atomic E-state index is -0.661. The Morgan fingerprint density at radius 3 is 3.00 bits per heavy atom. The lowest BCUT2D eigenvalue weighted by Gasteiger charge is -2.20. The topological polar surface area (TPSA) is 68.2 Å². The number of hydrogen-bond donors (Lipinski definition) is 2. The number of halogens is 1. The summed E-state index contributed by atoms with van der Waals surface area (Å²) in [6.45, 7) is 1.94. The Hall–Kier alpha value is -2.41. The highest BCUT2D eigenvalue weighted by atomic mass is 19.1. The largest absolute Gasteiger partial charge is 0.381 e. The third-order valence-electron chi connectivity index (χ3n) is 4.18. The van der Waals surface area contributed by atoms with Gasteiger partial charge in [-0.1, -0.05) is 18.2 Å². The average Bonchev–Trinajstić information content (AvgIpc) is 3.23. The van der Waals surface area contributed by atoms with Gasteiger partial charge < -0.3 is 19.9 Å². The van der Waals surface area contributed by atoms with Crippen molar-refractivity contribution in [3.8, 4) is 0 Å². The summed E-state index contributed by atoms with van der Waals surface area (Å²) in [6.07, 6.45) is 4.33. The Morgan fingerprint density at radius 2 is 2.33 bits per heavy atom. The lowest BCUT2D eigenvalue weighted by molar-refractivity contribution is 0.185. The molecule has 0 radical (unpaired) electrons. The van der Waals surface area contributed by atoms with Gasteiger partial charge in [0.25, 0.3) is 0 Å². The Labute approximate surface area is 140 Å². The van der Waals surface area contributed by atoms with Crippen LogP contribution in [-0.4, -0.2) is 35.3 Å². The van der Waals surface area contributed by atoms with E-state index >= 15 is 0 Å². The van der Waals surface area contributed by atoms with Crippen LogP contribution in [0, 0.1) is 11.7 Å². The van der Waals surface area contributed by atoms with E-state index in [0.29, 0.717) is 30.5 Å². The fourth-order valence-electron chi connectivity index (χ4n) is 2.81. The summed E-state index contributed by atoms with van der Waals surface area (Å²) in [5, 5.41) is 5.66. The first-order chi connectivity index (χ1) is 11.6. The van der Waals surface area contributed by atoms with Gasteiger partial charge in [0.15, 0.2) is 0 Å². The molecule has 0 unspecified atom stereocenters. The molecule has 2 heterocycles. The first kappa shape index (κ1) is 16.4. The number of benzene rings is 1. The molecule has 1 aromatic carbocycles. The van der Waals surface area contributed by atoms with Crippen molar-refractivity contribution in [2.24, 2.45) is 13.0 Å². The zero-order valence-electron chi connectivity index (χ0n) is 13.5. The predicted octanol–water partition coefficient (Wildman–Crippen LogP) is 1.98. The summed E-state index contributed by atoms with van der Waals surface area (Å²) < 4.78 is 21.3. The van der Waals surface area contributed by atoms with E-state index in [2.05, 4.69) is 15.6 Å². The zero-order chi connectivity index (χ0) is 16.9. The van der Waals surface area contributed by atoms with Crippen molar-refractivity contribution in [2.45, 2.75) is 12.5 Å². The van der Waals surface area contributed by atoms with Gasteiger partial charge in [0.05, 0.1) is 6.61 Å². The second-order valence-electron chi connectivity index (χ2n) is 5.93. The molecule has 1 aromatic heterocycles. The summed E-state index contributed by atoms with van der Waals surface area (Å²) in [4.78, 5) is 16.5. The van der Waals surface area contributed by atoms with Gasteiger partial charge >= 0.3 is 6.03 Å². The van der Waals surface area contributed by atoms with Gasteiger partial charge in [-0.2, -0.15) is 0 Å². The van der Waals surface area contributed by atoms with E-state index in [9.17, 15) is 9.18 Å². The zero-order valence-corrected chi connectivity index (χ0v) is 13.5. The predicted molar refractivity (Wildman–Crippen MR) is 86.9 cm³/mol. The van der Waals surface area contributed by atoms with Gasteiger partial charge in [-0.05, 0) is 12.5 Å². The molecular weight excluding hydrogens is 311 g/mol. The maximum absolute atomic E-state index is 14.2. The Balaban J connectivity index is 1.74. The number of nitrogens with zero attached hydrogens (tertiary/aromatic N) is 2. The van der Waals surface area contributed by atoms with Gasteiger partial charge in [0.2, 0.25) is 0 Å². The number of urea groups is 1. The molecule has 0 aliphatic carbocycles. The van der Waals surface area contributed by atoms with Crippen LogP contribution in [0.3, 0.4) is 0 Å². The lowest BCUT2D eigenvalue weighted by Crippen LogP contribution is -2.41. The fourth-order valence-corrected chi connectivity index (χ4v) is 2.81. The van der Waals surface area contributed by atoms with E-state index in [4.69, 9.17) is 4.74 Å². The maximum atomic E-state index is 14.2. The van der Waals surface area contributed by atoms with Gasteiger partial charge in [0, 0.05) is 44.1 Å². The van der Waals surface area contributed by atoms with Crippen LogP contribution in [0.1, 0.15) is 23.9 Å². The molecule has 128 valence electrons. The summed E-state index contributed by atoms with van der Waals surface area (Å²) in [5.41, 5.74) is 0.381. The highest BCUT2D eigenvalue weighted by Gasteiger charge is 2.24. The van der Waals surface area contributed by atoms with Crippen LogP contribution < -0.4 is 10.6 Å². The summed E-state index contributed by atoms with van der Waals surface area (Å²) in [5.74, 6) is 0.519. The minimum Gasteiger partial charge on any atom is -0.381 e. The van der Waals surface area contributed by atoms with Crippen molar-refractivity contribution in [3.05, 3.63) is 53.9 Å². The van der Waals surface area contributed by atoms with Crippen molar-refractivity contribution in [1.82, 2.24) is 20.2 Å². The molecule has 1 aliphatic rings. The molecule has 0 spiro atoms. The molecule has 1 aliphatic heterocycles. The first-order valence-electron chi connectivity index (χ1n) is 7.99. The SMILES string of the molecule is Cn1ccnc1[C@H](NC(=O)NC[C@@H]1CCOC1)c1ccccc1F.